The van der Waals surface area contributed by atoms with Crippen molar-refractivity contribution in [3.8, 4) is 33.8 Å². The van der Waals surface area contributed by atoms with E-state index < -0.39 is 23.1 Å². The number of para-hydroxylation sites is 2. The monoisotopic (exact) mass is 898 g/mol. The molecule has 9 aromatic carbocycles. The minimum atomic E-state index is -0.511. The number of Topliss-reactive ketones (excluding diaryl/α,β-unsaturated/α-hetero) is 4. The van der Waals surface area contributed by atoms with Crippen LogP contribution in [0.5, 0.6) is 11.5 Å². The minimum Gasteiger partial charge on any atom is -0.421 e. The summed E-state index contributed by atoms with van der Waals surface area (Å²) in [5, 5.41) is 0. The van der Waals surface area contributed by atoms with Crippen molar-refractivity contribution in [1.82, 2.24) is 0 Å². The molecule has 0 unspecified atom stereocenters. The molecular formula is C58H42O6S2. The standard InChI is InChI=1S/2C26H18O3S.C6H6/c2*27-25(20-9-3-1-4-10-20)26(28)24-14-8-7-13-23(24)19-15-17-22(18-16-19)30-29-21-11-5-2-6-12-21;1-2-4-6-5-3-1/h2*1-18H;1-6H. The summed E-state index contributed by atoms with van der Waals surface area (Å²) in [7, 11) is 0. The molecule has 9 rings (SSSR count). The molecule has 6 nitrogen and oxygen atoms in total. The van der Waals surface area contributed by atoms with E-state index >= 15 is 0 Å². The van der Waals surface area contributed by atoms with Gasteiger partial charge in [-0.3, -0.25) is 19.2 Å². The van der Waals surface area contributed by atoms with E-state index in [4.69, 9.17) is 8.37 Å². The van der Waals surface area contributed by atoms with Crippen LogP contribution in [0.25, 0.3) is 22.3 Å². The smallest absolute Gasteiger partial charge is 0.234 e. The van der Waals surface area contributed by atoms with Gasteiger partial charge in [0.05, 0.1) is 24.1 Å². The fourth-order valence-electron chi connectivity index (χ4n) is 6.46. The average Bonchev–Trinajstić information content (AvgIpc) is 3.41. The second-order valence-electron chi connectivity index (χ2n) is 14.3. The van der Waals surface area contributed by atoms with Gasteiger partial charge in [0, 0.05) is 32.0 Å². The SMILES string of the molecule is O=C(C(=O)c1ccccc1-c1ccc(SOc2ccccc2)cc1)c1ccccc1.O=C(C(=O)c1ccccc1-c1ccc(SOc2ccccc2)cc1)c1ccccc1.c1ccccc1. The molecule has 0 fully saturated rings. The van der Waals surface area contributed by atoms with Gasteiger partial charge >= 0.3 is 0 Å². The number of carbonyl (C=O) groups excluding carboxylic acids is 4. The first-order valence-corrected chi connectivity index (χ1v) is 22.4. The van der Waals surface area contributed by atoms with Crippen molar-refractivity contribution in [2.24, 2.45) is 0 Å². The molecule has 66 heavy (non-hydrogen) atoms. The van der Waals surface area contributed by atoms with Crippen molar-refractivity contribution in [2.75, 3.05) is 0 Å². The van der Waals surface area contributed by atoms with E-state index in [0.29, 0.717) is 22.3 Å². The van der Waals surface area contributed by atoms with E-state index in [1.54, 1.807) is 72.8 Å². The van der Waals surface area contributed by atoms with Gasteiger partial charge in [-0.25, -0.2) is 0 Å². The fourth-order valence-corrected chi connectivity index (χ4v) is 7.56. The van der Waals surface area contributed by atoms with E-state index in [2.05, 4.69) is 0 Å². The molecule has 0 saturated heterocycles. The molecule has 0 spiro atoms. The normalized spacial score (nSPS) is 10.2. The van der Waals surface area contributed by atoms with Crippen molar-refractivity contribution in [1.29, 1.82) is 0 Å². The van der Waals surface area contributed by atoms with Crippen LogP contribution >= 0.6 is 24.1 Å². The van der Waals surface area contributed by atoms with Crippen LogP contribution in [0.4, 0.5) is 0 Å². The van der Waals surface area contributed by atoms with Crippen LogP contribution in [0.3, 0.4) is 0 Å². The first kappa shape index (κ1) is 46.0. The van der Waals surface area contributed by atoms with Gasteiger partial charge in [0.15, 0.2) is 0 Å². The third-order valence-corrected chi connectivity index (χ3v) is 11.3. The minimum absolute atomic E-state index is 0.391. The summed E-state index contributed by atoms with van der Waals surface area (Å²) in [5.74, 6) is -0.479. The van der Waals surface area contributed by atoms with Crippen LogP contribution in [0.2, 0.25) is 0 Å². The van der Waals surface area contributed by atoms with Crippen molar-refractivity contribution in [3.05, 3.63) is 277 Å². The van der Waals surface area contributed by atoms with E-state index in [0.717, 1.165) is 43.5 Å². The number of hydrogen-bond donors (Lipinski definition) is 0. The molecule has 0 aliphatic carbocycles. The number of hydrogen-bond acceptors (Lipinski definition) is 8. The largest absolute Gasteiger partial charge is 0.421 e. The summed E-state index contributed by atoms with van der Waals surface area (Å²) in [5.41, 5.74) is 4.76. The molecule has 0 saturated carbocycles. The highest BCUT2D eigenvalue weighted by atomic mass is 32.2. The van der Waals surface area contributed by atoms with Crippen LogP contribution in [0, 0.1) is 0 Å². The quantitative estimate of drug-likeness (QED) is 0.0606. The molecular weight excluding hydrogens is 857 g/mol. The first-order valence-electron chi connectivity index (χ1n) is 20.9. The van der Waals surface area contributed by atoms with Crippen LogP contribution in [0.15, 0.2) is 265 Å². The molecule has 0 radical (unpaired) electrons. The highest BCUT2D eigenvalue weighted by Crippen LogP contribution is 2.31. The maximum absolute atomic E-state index is 12.9. The lowest BCUT2D eigenvalue weighted by Crippen LogP contribution is -2.15. The van der Waals surface area contributed by atoms with E-state index in [1.165, 1.54) is 24.1 Å². The summed E-state index contributed by atoms with van der Waals surface area (Å²) in [6, 6.07) is 78.2. The molecule has 8 heteroatoms. The lowest BCUT2D eigenvalue weighted by atomic mass is 9.93. The van der Waals surface area contributed by atoms with Crippen molar-refractivity contribution in [3.63, 3.8) is 0 Å². The molecule has 9 aromatic rings. The van der Waals surface area contributed by atoms with Gasteiger partial charge in [-0.15, -0.1) is 0 Å². The van der Waals surface area contributed by atoms with Crippen LogP contribution in [-0.4, -0.2) is 23.1 Å². The molecule has 0 N–H and O–H groups in total. The Morgan fingerprint density at radius 2 is 0.545 bits per heavy atom. The van der Waals surface area contributed by atoms with Crippen molar-refractivity contribution >= 4 is 47.2 Å². The van der Waals surface area contributed by atoms with Gasteiger partial charge in [-0.1, -0.05) is 206 Å². The molecule has 0 aromatic heterocycles. The highest BCUT2D eigenvalue weighted by Gasteiger charge is 2.22. The molecule has 0 aliphatic heterocycles. The Kier molecular flexibility index (Phi) is 16.8. The Bertz CT molecular complexity index is 2730. The van der Waals surface area contributed by atoms with Gasteiger partial charge in [0.25, 0.3) is 0 Å². The molecule has 0 bridgehead atoms. The molecule has 0 heterocycles. The zero-order chi connectivity index (χ0) is 45.8. The van der Waals surface area contributed by atoms with Crippen molar-refractivity contribution in [2.45, 2.75) is 9.79 Å². The van der Waals surface area contributed by atoms with Crippen molar-refractivity contribution < 1.29 is 27.5 Å². The Hall–Kier alpha value is -8.04. The number of carbonyl (C=O) groups is 4. The Balaban J connectivity index is 0.000000174. The van der Waals surface area contributed by atoms with Gasteiger partial charge in [-0.05, 0) is 70.8 Å². The third kappa shape index (κ3) is 13.0. The van der Waals surface area contributed by atoms with Gasteiger partial charge in [0.1, 0.15) is 11.5 Å². The Morgan fingerprint density at radius 1 is 0.273 bits per heavy atom. The van der Waals surface area contributed by atoms with Crippen LogP contribution in [0.1, 0.15) is 41.4 Å². The average molecular weight is 899 g/mol. The summed E-state index contributed by atoms with van der Waals surface area (Å²) in [6.07, 6.45) is 0. The topological polar surface area (TPSA) is 86.7 Å². The zero-order valence-electron chi connectivity index (χ0n) is 35.5. The first-order chi connectivity index (χ1) is 32.4. The van der Waals surface area contributed by atoms with Gasteiger partial charge < -0.3 is 8.37 Å². The second-order valence-corrected chi connectivity index (χ2v) is 15.9. The number of ketones is 4. The molecule has 0 atom stereocenters. The number of benzene rings is 9. The van der Waals surface area contributed by atoms with Crippen LogP contribution < -0.4 is 8.37 Å². The van der Waals surface area contributed by atoms with Gasteiger partial charge in [0.2, 0.25) is 23.1 Å². The van der Waals surface area contributed by atoms with Gasteiger partial charge in [-0.2, -0.15) is 0 Å². The maximum Gasteiger partial charge on any atom is 0.234 e. The molecule has 0 amide bonds. The predicted octanol–water partition coefficient (Wildman–Crippen LogP) is 14.7. The number of rotatable bonds is 14. The zero-order valence-corrected chi connectivity index (χ0v) is 37.1. The predicted molar refractivity (Wildman–Crippen MR) is 266 cm³/mol. The highest BCUT2D eigenvalue weighted by molar-refractivity contribution is 7.95. The summed E-state index contributed by atoms with van der Waals surface area (Å²) in [4.78, 5) is 52.9. The molecule has 0 aliphatic rings. The van der Waals surface area contributed by atoms with E-state index in [1.807, 2.05) is 182 Å². The summed E-state index contributed by atoms with van der Waals surface area (Å²) >= 11 is 2.54. The third-order valence-electron chi connectivity index (χ3n) is 9.78. The fraction of sp³-hybridized carbons (Fsp3) is 0. The Morgan fingerprint density at radius 3 is 0.879 bits per heavy atom. The van der Waals surface area contributed by atoms with E-state index in [9.17, 15) is 19.2 Å². The van der Waals surface area contributed by atoms with E-state index in [-0.39, 0.29) is 0 Å². The maximum atomic E-state index is 12.9. The Labute approximate surface area is 393 Å². The van der Waals surface area contributed by atoms with Crippen LogP contribution in [-0.2, 0) is 0 Å². The second kappa shape index (κ2) is 24.1. The lowest BCUT2D eigenvalue weighted by Gasteiger charge is -2.10. The summed E-state index contributed by atoms with van der Waals surface area (Å²) in [6.45, 7) is 0. The molecule has 322 valence electrons. The summed E-state index contributed by atoms with van der Waals surface area (Å²) < 4.78 is 11.4. The lowest BCUT2D eigenvalue weighted by molar-refractivity contribution is 0.0817.